The summed E-state index contributed by atoms with van der Waals surface area (Å²) in [6.07, 6.45) is 3.26. The van der Waals surface area contributed by atoms with Crippen molar-refractivity contribution in [2.75, 3.05) is 31.1 Å². The van der Waals surface area contributed by atoms with Crippen LogP contribution in [0.15, 0.2) is 47.2 Å². The summed E-state index contributed by atoms with van der Waals surface area (Å²) in [5.74, 6) is 0.277. The number of aromatic nitrogens is 1. The van der Waals surface area contributed by atoms with Crippen LogP contribution in [0, 0.1) is 0 Å². The molecule has 6 heteroatoms. The number of halogens is 1. The fraction of sp³-hybridized carbons (Fsp3) is 0.250. The number of piperazine rings is 1. The van der Waals surface area contributed by atoms with Gasteiger partial charge in [0.15, 0.2) is 0 Å². The first-order chi connectivity index (χ1) is 10.6. The predicted octanol–water partition coefficient (Wildman–Crippen LogP) is 2.51. The minimum Gasteiger partial charge on any atom is -0.508 e. The molecule has 0 bridgehead atoms. The van der Waals surface area contributed by atoms with Crippen LogP contribution in [0.5, 0.6) is 5.75 Å². The van der Waals surface area contributed by atoms with Gasteiger partial charge in [0.25, 0.3) is 5.91 Å². The second-order valence-corrected chi connectivity index (χ2v) is 6.10. The van der Waals surface area contributed by atoms with E-state index in [9.17, 15) is 9.90 Å². The second-order valence-electron chi connectivity index (χ2n) is 5.19. The summed E-state index contributed by atoms with van der Waals surface area (Å²) in [7, 11) is 0. The summed E-state index contributed by atoms with van der Waals surface area (Å²) >= 11 is 3.34. The van der Waals surface area contributed by atoms with Gasteiger partial charge >= 0.3 is 0 Å². The summed E-state index contributed by atoms with van der Waals surface area (Å²) in [6, 6.07) is 8.94. The number of pyridine rings is 1. The second kappa shape index (κ2) is 6.36. The van der Waals surface area contributed by atoms with Crippen molar-refractivity contribution in [3.63, 3.8) is 0 Å². The van der Waals surface area contributed by atoms with Gasteiger partial charge in [0, 0.05) is 48.7 Å². The zero-order valence-corrected chi connectivity index (χ0v) is 13.5. The Balaban J connectivity index is 1.64. The maximum absolute atomic E-state index is 12.5. The van der Waals surface area contributed by atoms with Gasteiger partial charge in [-0.3, -0.25) is 9.78 Å². The standard InChI is InChI=1S/C16H16BrN3O2/c17-13-9-12(10-18-11-13)16(22)20-7-5-19(6-8-20)14-1-3-15(21)4-2-14/h1-4,9-11,21H,5-8H2. The summed E-state index contributed by atoms with van der Waals surface area (Å²) in [4.78, 5) is 20.6. The fourth-order valence-electron chi connectivity index (χ4n) is 2.54. The zero-order chi connectivity index (χ0) is 15.5. The Morgan fingerprint density at radius 3 is 2.41 bits per heavy atom. The molecule has 5 nitrogen and oxygen atoms in total. The Labute approximate surface area is 137 Å². The predicted molar refractivity (Wildman–Crippen MR) is 88.2 cm³/mol. The van der Waals surface area contributed by atoms with Crippen LogP contribution in [-0.2, 0) is 0 Å². The van der Waals surface area contributed by atoms with Crippen LogP contribution in [0.25, 0.3) is 0 Å². The van der Waals surface area contributed by atoms with Crippen LogP contribution in [0.1, 0.15) is 10.4 Å². The van der Waals surface area contributed by atoms with Crippen LogP contribution in [0.4, 0.5) is 5.69 Å². The van der Waals surface area contributed by atoms with E-state index >= 15 is 0 Å². The maximum Gasteiger partial charge on any atom is 0.255 e. The van der Waals surface area contributed by atoms with Crippen molar-refractivity contribution < 1.29 is 9.90 Å². The van der Waals surface area contributed by atoms with Gasteiger partial charge in [0.1, 0.15) is 5.75 Å². The lowest BCUT2D eigenvalue weighted by atomic mass is 10.2. The molecule has 0 aliphatic carbocycles. The number of rotatable bonds is 2. The molecule has 22 heavy (non-hydrogen) atoms. The lowest BCUT2D eigenvalue weighted by molar-refractivity contribution is 0.0746. The number of amides is 1. The minimum atomic E-state index is 0.0131. The van der Waals surface area contributed by atoms with Crippen LogP contribution < -0.4 is 4.90 Å². The molecule has 1 aliphatic heterocycles. The molecule has 1 aliphatic rings. The molecule has 1 fully saturated rings. The number of hydrogen-bond acceptors (Lipinski definition) is 4. The lowest BCUT2D eigenvalue weighted by Crippen LogP contribution is -2.48. The Morgan fingerprint density at radius 2 is 1.77 bits per heavy atom. The number of hydrogen-bond donors (Lipinski definition) is 1. The molecule has 114 valence electrons. The summed E-state index contributed by atoms with van der Waals surface area (Å²) in [6.45, 7) is 2.90. The molecule has 1 amide bonds. The molecule has 1 aromatic heterocycles. The van der Waals surface area contributed by atoms with Crippen LogP contribution in [0.3, 0.4) is 0 Å². The third-order valence-corrected chi connectivity index (χ3v) is 4.17. The first-order valence-corrected chi connectivity index (χ1v) is 7.86. The van der Waals surface area contributed by atoms with E-state index in [0.717, 1.165) is 23.2 Å². The quantitative estimate of drug-likeness (QED) is 0.892. The van der Waals surface area contributed by atoms with Gasteiger partial charge in [-0.2, -0.15) is 0 Å². The SMILES string of the molecule is O=C(c1cncc(Br)c1)N1CCN(c2ccc(O)cc2)CC1. The number of phenolic OH excluding ortho intramolecular Hbond substituents is 1. The van der Waals surface area contributed by atoms with Crippen LogP contribution >= 0.6 is 15.9 Å². The highest BCUT2D eigenvalue weighted by Gasteiger charge is 2.22. The summed E-state index contributed by atoms with van der Waals surface area (Å²) < 4.78 is 0.807. The van der Waals surface area contributed by atoms with Gasteiger partial charge in [-0.15, -0.1) is 0 Å². The third-order valence-electron chi connectivity index (χ3n) is 3.73. The van der Waals surface area contributed by atoms with Gasteiger partial charge in [-0.1, -0.05) is 0 Å². The Hall–Kier alpha value is -2.08. The average Bonchev–Trinajstić information content (AvgIpc) is 2.55. The molecule has 0 saturated carbocycles. The number of carbonyl (C=O) groups excluding carboxylic acids is 1. The first-order valence-electron chi connectivity index (χ1n) is 7.07. The highest BCUT2D eigenvalue weighted by Crippen LogP contribution is 2.20. The molecule has 1 aromatic carbocycles. The van der Waals surface area contributed by atoms with Crippen molar-refractivity contribution in [3.8, 4) is 5.75 Å². The van der Waals surface area contributed by atoms with E-state index in [1.165, 1.54) is 0 Å². The number of carbonyl (C=O) groups is 1. The molecule has 2 aromatic rings. The molecule has 3 rings (SSSR count). The molecular formula is C16H16BrN3O2. The minimum absolute atomic E-state index is 0.0131. The zero-order valence-electron chi connectivity index (χ0n) is 11.9. The first kappa shape index (κ1) is 14.8. The van der Waals surface area contributed by atoms with Gasteiger partial charge < -0.3 is 14.9 Å². The van der Waals surface area contributed by atoms with Crippen LogP contribution in [0.2, 0.25) is 0 Å². The van der Waals surface area contributed by atoms with E-state index in [-0.39, 0.29) is 11.7 Å². The number of nitrogens with zero attached hydrogens (tertiary/aromatic N) is 3. The molecule has 0 unspecified atom stereocenters. The highest BCUT2D eigenvalue weighted by molar-refractivity contribution is 9.10. The number of benzene rings is 1. The molecule has 0 spiro atoms. The molecule has 2 heterocycles. The van der Waals surface area contributed by atoms with Crippen molar-refractivity contribution >= 4 is 27.5 Å². The monoisotopic (exact) mass is 361 g/mol. The summed E-state index contributed by atoms with van der Waals surface area (Å²) in [5.41, 5.74) is 1.67. The molecule has 1 N–H and O–H groups in total. The molecule has 0 atom stereocenters. The van der Waals surface area contributed by atoms with E-state index < -0.39 is 0 Å². The van der Waals surface area contributed by atoms with Gasteiger partial charge in [0.2, 0.25) is 0 Å². The molecule has 0 radical (unpaired) electrons. The van der Waals surface area contributed by atoms with Crippen LogP contribution in [-0.4, -0.2) is 47.1 Å². The topological polar surface area (TPSA) is 56.7 Å². The van der Waals surface area contributed by atoms with Crippen molar-refractivity contribution in [3.05, 3.63) is 52.8 Å². The van der Waals surface area contributed by atoms with Gasteiger partial charge in [0.05, 0.1) is 5.56 Å². The molecular weight excluding hydrogens is 346 g/mol. The fourth-order valence-corrected chi connectivity index (χ4v) is 2.91. The van der Waals surface area contributed by atoms with E-state index in [2.05, 4.69) is 25.8 Å². The summed E-state index contributed by atoms with van der Waals surface area (Å²) in [5, 5.41) is 9.34. The molecule has 1 saturated heterocycles. The highest BCUT2D eigenvalue weighted by atomic mass is 79.9. The average molecular weight is 362 g/mol. The number of phenols is 1. The smallest absolute Gasteiger partial charge is 0.255 e. The van der Waals surface area contributed by atoms with Crippen molar-refractivity contribution in [1.29, 1.82) is 0 Å². The van der Waals surface area contributed by atoms with E-state index in [1.54, 1.807) is 30.6 Å². The van der Waals surface area contributed by atoms with E-state index in [0.29, 0.717) is 18.7 Å². The third kappa shape index (κ3) is 3.22. The Bertz CT molecular complexity index is 667. The number of aromatic hydroxyl groups is 1. The van der Waals surface area contributed by atoms with E-state index in [4.69, 9.17) is 0 Å². The Morgan fingerprint density at radius 1 is 1.09 bits per heavy atom. The Kier molecular flexibility index (Phi) is 4.29. The normalized spacial score (nSPS) is 15.0. The van der Waals surface area contributed by atoms with Crippen molar-refractivity contribution in [1.82, 2.24) is 9.88 Å². The van der Waals surface area contributed by atoms with E-state index in [1.807, 2.05) is 17.0 Å². The van der Waals surface area contributed by atoms with Gasteiger partial charge in [-0.25, -0.2) is 0 Å². The van der Waals surface area contributed by atoms with Crippen molar-refractivity contribution in [2.24, 2.45) is 0 Å². The largest absolute Gasteiger partial charge is 0.508 e. The van der Waals surface area contributed by atoms with Gasteiger partial charge in [-0.05, 0) is 46.3 Å². The number of anilines is 1. The van der Waals surface area contributed by atoms with Crippen molar-refractivity contribution in [2.45, 2.75) is 0 Å². The lowest BCUT2D eigenvalue weighted by Gasteiger charge is -2.36. The maximum atomic E-state index is 12.5.